The lowest BCUT2D eigenvalue weighted by atomic mass is 9.96. The van der Waals surface area contributed by atoms with Gasteiger partial charge in [0.15, 0.2) is 5.11 Å². The second kappa shape index (κ2) is 4.54. The number of fused-ring (bicyclic) bond motifs is 1. The molecule has 1 aromatic heterocycles. The van der Waals surface area contributed by atoms with Crippen molar-refractivity contribution >= 4 is 29.0 Å². The SMILES string of the molecule is NC(=S)N/N=C1/CCCc2oc(C(=O)O)cc21. The van der Waals surface area contributed by atoms with Gasteiger partial charge in [-0.15, -0.1) is 0 Å². The molecule has 0 unspecified atom stereocenters. The number of aromatic carboxylic acids is 1. The van der Waals surface area contributed by atoms with Gasteiger partial charge in [-0.05, 0) is 25.1 Å². The Labute approximate surface area is 102 Å². The van der Waals surface area contributed by atoms with Gasteiger partial charge in [-0.1, -0.05) is 0 Å². The standard InChI is InChI=1S/C10H11N3O3S/c11-10(17)13-12-6-2-1-3-7-5(6)4-8(16-7)9(14)15/h4H,1-3H2,(H,14,15)(H3,11,13,17)/b12-6-. The molecule has 0 saturated heterocycles. The van der Waals surface area contributed by atoms with Gasteiger partial charge in [0.25, 0.3) is 0 Å². The Morgan fingerprint density at radius 2 is 2.35 bits per heavy atom. The lowest BCUT2D eigenvalue weighted by Gasteiger charge is -2.11. The van der Waals surface area contributed by atoms with Crippen LogP contribution in [0.1, 0.15) is 34.7 Å². The number of nitrogens with two attached hydrogens (primary N) is 1. The monoisotopic (exact) mass is 253 g/mol. The van der Waals surface area contributed by atoms with Gasteiger partial charge in [0.1, 0.15) is 5.76 Å². The highest BCUT2D eigenvalue weighted by Crippen LogP contribution is 2.25. The highest BCUT2D eigenvalue weighted by molar-refractivity contribution is 7.80. The van der Waals surface area contributed by atoms with Crippen LogP contribution in [0.15, 0.2) is 15.6 Å². The topological polar surface area (TPSA) is 101 Å². The van der Waals surface area contributed by atoms with Gasteiger partial charge in [-0.3, -0.25) is 5.43 Å². The van der Waals surface area contributed by atoms with E-state index in [0.29, 0.717) is 12.2 Å². The molecule has 1 aliphatic rings. The van der Waals surface area contributed by atoms with E-state index in [0.717, 1.165) is 24.1 Å². The Hall–Kier alpha value is -1.89. The summed E-state index contributed by atoms with van der Waals surface area (Å²) in [6.45, 7) is 0. The number of hydrazone groups is 1. The van der Waals surface area contributed by atoms with E-state index in [2.05, 4.69) is 22.7 Å². The van der Waals surface area contributed by atoms with Crippen LogP contribution in [-0.2, 0) is 6.42 Å². The van der Waals surface area contributed by atoms with Gasteiger partial charge in [0, 0.05) is 18.1 Å². The Morgan fingerprint density at radius 3 is 3.00 bits per heavy atom. The van der Waals surface area contributed by atoms with Gasteiger partial charge in [-0.25, -0.2) is 4.79 Å². The number of nitrogens with one attached hydrogen (secondary N) is 1. The summed E-state index contributed by atoms with van der Waals surface area (Å²) in [4.78, 5) is 10.8. The fourth-order valence-electron chi connectivity index (χ4n) is 1.75. The number of carboxylic acid groups (broad SMARTS) is 1. The first-order chi connectivity index (χ1) is 8.08. The molecule has 7 heteroatoms. The van der Waals surface area contributed by atoms with Gasteiger partial charge < -0.3 is 15.3 Å². The molecule has 0 amide bonds. The van der Waals surface area contributed by atoms with Crippen molar-refractivity contribution in [1.29, 1.82) is 0 Å². The zero-order valence-electron chi connectivity index (χ0n) is 8.90. The summed E-state index contributed by atoms with van der Waals surface area (Å²) in [5.41, 5.74) is 9.22. The third kappa shape index (κ3) is 2.44. The molecule has 17 heavy (non-hydrogen) atoms. The number of carboxylic acids is 1. The first-order valence-corrected chi connectivity index (χ1v) is 5.47. The van der Waals surface area contributed by atoms with E-state index in [-0.39, 0.29) is 10.9 Å². The van der Waals surface area contributed by atoms with Crippen LogP contribution in [0.5, 0.6) is 0 Å². The summed E-state index contributed by atoms with van der Waals surface area (Å²) < 4.78 is 5.23. The smallest absolute Gasteiger partial charge is 0.371 e. The Morgan fingerprint density at radius 1 is 1.59 bits per heavy atom. The Kier molecular flexibility index (Phi) is 3.10. The van der Waals surface area contributed by atoms with Crippen LogP contribution in [-0.4, -0.2) is 21.9 Å². The normalized spacial score (nSPS) is 16.6. The number of furan rings is 1. The third-order valence-corrected chi connectivity index (χ3v) is 2.54. The van der Waals surface area contributed by atoms with Gasteiger partial charge in [0.2, 0.25) is 5.76 Å². The zero-order chi connectivity index (χ0) is 12.4. The van der Waals surface area contributed by atoms with Crippen LogP contribution < -0.4 is 11.2 Å². The molecule has 0 saturated carbocycles. The van der Waals surface area contributed by atoms with Crippen molar-refractivity contribution in [3.63, 3.8) is 0 Å². The van der Waals surface area contributed by atoms with Crippen molar-refractivity contribution in [2.45, 2.75) is 19.3 Å². The molecule has 0 radical (unpaired) electrons. The van der Waals surface area contributed by atoms with Gasteiger partial charge in [-0.2, -0.15) is 5.10 Å². The van der Waals surface area contributed by atoms with Crippen molar-refractivity contribution in [1.82, 2.24) is 5.43 Å². The Bertz CT molecular complexity index is 507. The molecule has 0 aromatic carbocycles. The number of rotatable bonds is 2. The molecule has 0 fully saturated rings. The maximum absolute atomic E-state index is 10.8. The van der Waals surface area contributed by atoms with Crippen LogP contribution in [0.25, 0.3) is 0 Å². The molecule has 1 aromatic rings. The largest absolute Gasteiger partial charge is 0.475 e. The number of hydrogen-bond donors (Lipinski definition) is 3. The molecule has 90 valence electrons. The van der Waals surface area contributed by atoms with Gasteiger partial charge >= 0.3 is 5.97 Å². The molecule has 0 spiro atoms. The third-order valence-electron chi connectivity index (χ3n) is 2.45. The molecule has 0 bridgehead atoms. The second-order valence-electron chi connectivity index (χ2n) is 3.64. The molecule has 4 N–H and O–H groups in total. The zero-order valence-corrected chi connectivity index (χ0v) is 9.71. The molecule has 0 aliphatic heterocycles. The summed E-state index contributed by atoms with van der Waals surface area (Å²) in [6.07, 6.45) is 2.31. The van der Waals surface area contributed by atoms with Crippen LogP contribution >= 0.6 is 12.2 Å². The number of nitrogens with zero attached hydrogens (tertiary/aromatic N) is 1. The molecule has 2 rings (SSSR count). The van der Waals surface area contributed by atoms with Crippen molar-refractivity contribution in [3.8, 4) is 0 Å². The van der Waals surface area contributed by atoms with E-state index in [4.69, 9.17) is 15.3 Å². The predicted molar refractivity (Wildman–Crippen MR) is 65.1 cm³/mol. The summed E-state index contributed by atoms with van der Waals surface area (Å²) in [7, 11) is 0. The average Bonchev–Trinajstić information content (AvgIpc) is 2.70. The van der Waals surface area contributed by atoms with Crippen LogP contribution in [0.4, 0.5) is 0 Å². The van der Waals surface area contributed by atoms with E-state index in [1.54, 1.807) is 0 Å². The van der Waals surface area contributed by atoms with Gasteiger partial charge in [0.05, 0.1) is 5.71 Å². The van der Waals surface area contributed by atoms with E-state index in [9.17, 15) is 4.79 Å². The second-order valence-corrected chi connectivity index (χ2v) is 4.08. The summed E-state index contributed by atoms with van der Waals surface area (Å²) >= 11 is 4.65. The summed E-state index contributed by atoms with van der Waals surface area (Å²) in [6, 6.07) is 1.48. The fourth-order valence-corrected chi connectivity index (χ4v) is 1.80. The summed E-state index contributed by atoms with van der Waals surface area (Å²) in [5.74, 6) is -0.502. The lowest BCUT2D eigenvalue weighted by molar-refractivity contribution is 0.0660. The summed E-state index contributed by atoms with van der Waals surface area (Å²) in [5, 5.41) is 13.0. The number of hydrogen-bond acceptors (Lipinski definition) is 4. The fraction of sp³-hybridized carbons (Fsp3) is 0.300. The molecular formula is C10H11N3O3S. The van der Waals surface area contributed by atoms with Crippen LogP contribution in [0.3, 0.4) is 0 Å². The minimum atomic E-state index is -1.08. The molecule has 1 aliphatic carbocycles. The molecule has 1 heterocycles. The number of thiocarbonyl (C=S) groups is 1. The Balaban J connectivity index is 2.33. The highest BCUT2D eigenvalue weighted by atomic mass is 32.1. The quantitative estimate of drug-likeness (QED) is 0.533. The maximum atomic E-state index is 10.8. The van der Waals surface area contributed by atoms with E-state index in [1.807, 2.05) is 0 Å². The lowest BCUT2D eigenvalue weighted by Crippen LogP contribution is -2.26. The van der Waals surface area contributed by atoms with Crippen LogP contribution in [0.2, 0.25) is 0 Å². The van der Waals surface area contributed by atoms with Crippen molar-refractivity contribution in [3.05, 3.63) is 23.2 Å². The minimum Gasteiger partial charge on any atom is -0.475 e. The highest BCUT2D eigenvalue weighted by Gasteiger charge is 2.23. The predicted octanol–water partition coefficient (Wildman–Crippen LogP) is 0.851. The van der Waals surface area contributed by atoms with E-state index in [1.165, 1.54) is 6.07 Å². The molecule has 0 atom stereocenters. The molecular weight excluding hydrogens is 242 g/mol. The first-order valence-electron chi connectivity index (χ1n) is 5.06. The van der Waals surface area contributed by atoms with E-state index >= 15 is 0 Å². The average molecular weight is 253 g/mol. The molecule has 6 nitrogen and oxygen atoms in total. The minimum absolute atomic E-state index is 0.0695. The number of carbonyl (C=O) groups is 1. The van der Waals surface area contributed by atoms with E-state index < -0.39 is 5.97 Å². The number of aryl methyl sites for hydroxylation is 1. The van der Waals surface area contributed by atoms with Crippen molar-refractivity contribution in [2.24, 2.45) is 10.8 Å². The maximum Gasteiger partial charge on any atom is 0.371 e. The van der Waals surface area contributed by atoms with Crippen LogP contribution in [0, 0.1) is 0 Å². The van der Waals surface area contributed by atoms with Crippen molar-refractivity contribution in [2.75, 3.05) is 0 Å². The van der Waals surface area contributed by atoms with Crippen molar-refractivity contribution < 1.29 is 14.3 Å². The first kappa shape index (κ1) is 11.6.